The van der Waals surface area contributed by atoms with Crippen LogP contribution in [-0.4, -0.2) is 16.0 Å². The molecule has 0 bridgehead atoms. The Morgan fingerprint density at radius 1 is 1.44 bits per heavy atom. The molecule has 2 unspecified atom stereocenters. The maximum atomic E-state index is 5.47. The lowest BCUT2D eigenvalue weighted by Crippen LogP contribution is -2.31. The number of rotatable bonds is 5. The third kappa shape index (κ3) is 3.32. The number of nitrogens with zero attached hydrogens (tertiary/aromatic N) is 2. The number of aromatic nitrogens is 2. The van der Waals surface area contributed by atoms with Crippen molar-refractivity contribution in [2.24, 2.45) is 0 Å². The van der Waals surface area contributed by atoms with Crippen molar-refractivity contribution in [2.45, 2.75) is 45.7 Å². The molecule has 0 aliphatic carbocycles. The molecule has 1 aromatic rings. The highest BCUT2D eigenvalue weighted by atomic mass is 15.0. The Hall–Kier alpha value is -1.40. The first-order valence-electron chi connectivity index (χ1n) is 5.68. The third-order valence-corrected chi connectivity index (χ3v) is 2.56. The lowest BCUT2D eigenvalue weighted by molar-refractivity contribution is 0.484. The van der Waals surface area contributed by atoms with Crippen molar-refractivity contribution in [3.05, 3.63) is 23.8 Å². The molecule has 0 saturated heterocycles. The third-order valence-electron chi connectivity index (χ3n) is 2.56. The summed E-state index contributed by atoms with van der Waals surface area (Å²) in [7, 11) is 0. The number of terminal acetylenes is 1. The van der Waals surface area contributed by atoms with Crippen LogP contribution in [0.25, 0.3) is 0 Å². The zero-order valence-corrected chi connectivity index (χ0v) is 10.2. The summed E-state index contributed by atoms with van der Waals surface area (Å²) in [6, 6.07) is 0.253. The minimum atomic E-state index is 0.112. The van der Waals surface area contributed by atoms with Crippen molar-refractivity contribution < 1.29 is 0 Å². The molecule has 3 heteroatoms. The second-order valence-corrected chi connectivity index (χ2v) is 3.92. The van der Waals surface area contributed by atoms with E-state index in [1.54, 1.807) is 12.4 Å². The van der Waals surface area contributed by atoms with E-state index in [-0.39, 0.29) is 12.1 Å². The summed E-state index contributed by atoms with van der Waals surface area (Å²) in [5, 5.41) is 3.39. The van der Waals surface area contributed by atoms with Crippen LogP contribution in [0.4, 0.5) is 0 Å². The molecule has 0 aliphatic rings. The van der Waals surface area contributed by atoms with Gasteiger partial charge >= 0.3 is 0 Å². The van der Waals surface area contributed by atoms with E-state index < -0.39 is 0 Å². The number of hydrogen-bond donors (Lipinski definition) is 1. The first kappa shape index (κ1) is 12.7. The van der Waals surface area contributed by atoms with E-state index in [2.05, 4.69) is 35.1 Å². The average Bonchev–Trinajstić information content (AvgIpc) is 2.28. The molecule has 16 heavy (non-hydrogen) atoms. The van der Waals surface area contributed by atoms with Crippen LogP contribution in [0.3, 0.4) is 0 Å². The Bertz CT molecular complexity index is 368. The van der Waals surface area contributed by atoms with Gasteiger partial charge in [-0.25, -0.2) is 0 Å². The van der Waals surface area contributed by atoms with E-state index in [0.29, 0.717) is 0 Å². The van der Waals surface area contributed by atoms with Gasteiger partial charge < -0.3 is 0 Å². The minimum absolute atomic E-state index is 0.112. The second-order valence-electron chi connectivity index (χ2n) is 3.92. The topological polar surface area (TPSA) is 37.8 Å². The lowest BCUT2D eigenvalue weighted by atomic mass is 10.1. The van der Waals surface area contributed by atoms with E-state index >= 15 is 0 Å². The monoisotopic (exact) mass is 217 g/mol. The van der Waals surface area contributed by atoms with E-state index in [0.717, 1.165) is 24.2 Å². The fourth-order valence-electron chi connectivity index (χ4n) is 1.73. The number of nitrogens with one attached hydrogen (secondary N) is 1. The van der Waals surface area contributed by atoms with Crippen LogP contribution >= 0.6 is 0 Å². The fraction of sp³-hybridized carbons (Fsp3) is 0.538. The largest absolute Gasteiger partial charge is 0.295 e. The average molecular weight is 217 g/mol. The normalized spacial score (nSPS) is 14.1. The zero-order chi connectivity index (χ0) is 12.0. The van der Waals surface area contributed by atoms with Crippen molar-refractivity contribution in [3.8, 4) is 12.3 Å². The van der Waals surface area contributed by atoms with Gasteiger partial charge in [0, 0.05) is 18.4 Å². The first-order chi connectivity index (χ1) is 7.69. The molecule has 0 aromatic carbocycles. The molecule has 0 aliphatic heterocycles. The van der Waals surface area contributed by atoms with Gasteiger partial charge in [-0.1, -0.05) is 19.3 Å². The predicted octanol–water partition coefficient (Wildman–Crippen LogP) is 2.24. The van der Waals surface area contributed by atoms with E-state index in [1.165, 1.54) is 0 Å². The van der Waals surface area contributed by atoms with Crippen LogP contribution in [0.2, 0.25) is 0 Å². The Labute approximate surface area is 97.7 Å². The Balaban J connectivity index is 2.68. The first-order valence-corrected chi connectivity index (χ1v) is 5.68. The summed E-state index contributed by atoms with van der Waals surface area (Å²) in [6.45, 7) is 6.16. The molecular formula is C13H19N3. The quantitative estimate of drug-likeness (QED) is 0.769. The van der Waals surface area contributed by atoms with E-state index in [9.17, 15) is 0 Å². The van der Waals surface area contributed by atoms with Crippen LogP contribution in [0.1, 0.15) is 44.1 Å². The van der Waals surface area contributed by atoms with Gasteiger partial charge in [0.1, 0.15) is 0 Å². The van der Waals surface area contributed by atoms with Gasteiger partial charge in [-0.15, -0.1) is 6.42 Å². The zero-order valence-electron chi connectivity index (χ0n) is 10.2. The van der Waals surface area contributed by atoms with Crippen LogP contribution in [-0.2, 0) is 0 Å². The lowest BCUT2D eigenvalue weighted by Gasteiger charge is -2.19. The van der Waals surface area contributed by atoms with Crippen molar-refractivity contribution in [1.29, 1.82) is 0 Å². The van der Waals surface area contributed by atoms with E-state index in [1.807, 2.05) is 6.92 Å². The van der Waals surface area contributed by atoms with Crippen LogP contribution < -0.4 is 5.32 Å². The van der Waals surface area contributed by atoms with Crippen LogP contribution in [0.5, 0.6) is 0 Å². The standard InChI is InChI=1S/C13H19N3/c1-5-7-12(6-2)16-11(4)13-10(3)14-8-9-15-13/h2,8-9,11-12,16H,5,7H2,1,3-4H3. The Kier molecular flexibility index (Phi) is 4.94. The molecule has 1 aromatic heterocycles. The SMILES string of the molecule is C#CC(CCC)NC(C)c1nccnc1C. The highest BCUT2D eigenvalue weighted by Crippen LogP contribution is 2.13. The number of hydrogen-bond acceptors (Lipinski definition) is 3. The molecule has 3 nitrogen and oxygen atoms in total. The van der Waals surface area contributed by atoms with Crippen molar-refractivity contribution in [1.82, 2.24) is 15.3 Å². The van der Waals surface area contributed by atoms with Gasteiger partial charge in [-0.2, -0.15) is 0 Å². The van der Waals surface area contributed by atoms with Crippen molar-refractivity contribution >= 4 is 0 Å². The van der Waals surface area contributed by atoms with Crippen LogP contribution in [0.15, 0.2) is 12.4 Å². The van der Waals surface area contributed by atoms with Gasteiger partial charge in [0.2, 0.25) is 0 Å². The summed E-state index contributed by atoms with van der Waals surface area (Å²) in [4.78, 5) is 8.56. The van der Waals surface area contributed by atoms with Gasteiger partial charge in [0.15, 0.2) is 0 Å². The summed E-state index contributed by atoms with van der Waals surface area (Å²) in [5.74, 6) is 2.76. The Morgan fingerprint density at radius 3 is 2.69 bits per heavy atom. The maximum absolute atomic E-state index is 5.47. The van der Waals surface area contributed by atoms with Gasteiger partial charge in [-0.05, 0) is 20.3 Å². The molecule has 0 saturated carbocycles. The summed E-state index contributed by atoms with van der Waals surface area (Å²) >= 11 is 0. The molecule has 1 N–H and O–H groups in total. The predicted molar refractivity (Wildman–Crippen MR) is 65.8 cm³/mol. The van der Waals surface area contributed by atoms with Gasteiger partial charge in [0.05, 0.1) is 17.4 Å². The summed E-state index contributed by atoms with van der Waals surface area (Å²) in [6.07, 6.45) is 11.0. The van der Waals surface area contributed by atoms with Gasteiger partial charge in [-0.3, -0.25) is 15.3 Å². The molecule has 0 radical (unpaired) electrons. The smallest absolute Gasteiger partial charge is 0.0782 e. The maximum Gasteiger partial charge on any atom is 0.0782 e. The molecule has 0 amide bonds. The van der Waals surface area contributed by atoms with Crippen molar-refractivity contribution in [2.75, 3.05) is 0 Å². The highest BCUT2D eigenvalue weighted by Gasteiger charge is 2.13. The number of aryl methyl sites for hydroxylation is 1. The van der Waals surface area contributed by atoms with Gasteiger partial charge in [0.25, 0.3) is 0 Å². The molecule has 1 heterocycles. The molecular weight excluding hydrogens is 198 g/mol. The molecule has 2 atom stereocenters. The van der Waals surface area contributed by atoms with E-state index in [4.69, 9.17) is 6.42 Å². The molecule has 0 fully saturated rings. The van der Waals surface area contributed by atoms with Crippen molar-refractivity contribution in [3.63, 3.8) is 0 Å². The van der Waals surface area contributed by atoms with Crippen LogP contribution in [0, 0.1) is 19.3 Å². The highest BCUT2D eigenvalue weighted by molar-refractivity contribution is 5.14. The molecule has 86 valence electrons. The minimum Gasteiger partial charge on any atom is -0.295 e. The molecule has 1 rings (SSSR count). The fourth-order valence-corrected chi connectivity index (χ4v) is 1.73. The Morgan fingerprint density at radius 2 is 2.12 bits per heavy atom. The second kappa shape index (κ2) is 6.24. The molecule has 0 spiro atoms. The summed E-state index contributed by atoms with van der Waals surface area (Å²) in [5.41, 5.74) is 1.92. The summed E-state index contributed by atoms with van der Waals surface area (Å²) < 4.78 is 0.